The molecule has 2 aromatic heterocycles. The molecular weight excluding hydrogens is 384 g/mol. The van der Waals surface area contributed by atoms with Crippen LogP contribution < -0.4 is 10.2 Å². The number of anilines is 1. The first kappa shape index (κ1) is 17.2. The number of hydrogen-bond acceptors (Lipinski definition) is 8. The third-order valence-electron chi connectivity index (χ3n) is 5.38. The minimum Gasteiger partial charge on any atom is -0.423 e. The number of nitrogens with one attached hydrogen (secondary N) is 1. The van der Waals surface area contributed by atoms with Crippen LogP contribution in [0, 0.1) is 0 Å². The van der Waals surface area contributed by atoms with Gasteiger partial charge in [0.1, 0.15) is 10.5 Å². The van der Waals surface area contributed by atoms with Gasteiger partial charge < -0.3 is 14.6 Å². The van der Waals surface area contributed by atoms with Gasteiger partial charge in [0.2, 0.25) is 0 Å². The lowest BCUT2D eigenvalue weighted by atomic mass is 10.1. The maximum atomic E-state index is 12.2. The predicted molar refractivity (Wildman–Crippen MR) is 105 cm³/mol. The van der Waals surface area contributed by atoms with Crippen molar-refractivity contribution in [3.63, 3.8) is 0 Å². The average molecular weight is 405 g/mol. The van der Waals surface area contributed by atoms with E-state index in [1.165, 1.54) is 24.0 Å². The summed E-state index contributed by atoms with van der Waals surface area (Å²) in [5.74, 6) is 0. The molecule has 3 fully saturated rings. The lowest BCUT2D eigenvalue weighted by molar-refractivity contribution is 0.399. The molecule has 3 aliphatic rings. The third kappa shape index (κ3) is 3.03. The van der Waals surface area contributed by atoms with Crippen LogP contribution in [0.4, 0.5) is 6.01 Å². The number of fused-ring (bicyclic) bond motifs is 5. The van der Waals surface area contributed by atoms with E-state index < -0.39 is 9.84 Å². The van der Waals surface area contributed by atoms with Crippen LogP contribution in [0.2, 0.25) is 0 Å². The average Bonchev–Trinajstić information content (AvgIpc) is 3.21. The molecule has 3 saturated heterocycles. The number of piperazine rings is 1. The lowest BCUT2D eigenvalue weighted by Gasteiger charge is -2.36. The van der Waals surface area contributed by atoms with Crippen LogP contribution in [0.5, 0.6) is 0 Å². The minimum atomic E-state index is -3.37. The molecule has 0 spiro atoms. The Labute approximate surface area is 161 Å². The van der Waals surface area contributed by atoms with E-state index in [0.29, 0.717) is 34.8 Å². The monoisotopic (exact) mass is 404 g/mol. The molecule has 0 amide bonds. The van der Waals surface area contributed by atoms with Gasteiger partial charge in [0, 0.05) is 43.0 Å². The fraction of sp³-hybridized carbons (Fsp3) is 0.444. The van der Waals surface area contributed by atoms with Crippen LogP contribution in [0.3, 0.4) is 0 Å². The topological polar surface area (TPSA) is 88.3 Å². The van der Waals surface area contributed by atoms with Crippen LogP contribution in [0.15, 0.2) is 33.0 Å². The van der Waals surface area contributed by atoms with Crippen LogP contribution in [0.1, 0.15) is 19.3 Å². The standard InChI is InChI=1S/C18H20N4O3S2/c1-27(23,24)13-7-14(17-19-5-6-26-17)16-15(8-13)21-18(25-16)22-10-11-3-2-4-12(22)9-20-11/h5-8,11-12,20H,2-4,9-10H2,1H3. The molecule has 3 aliphatic heterocycles. The Morgan fingerprint density at radius 3 is 3.00 bits per heavy atom. The summed E-state index contributed by atoms with van der Waals surface area (Å²) in [6.07, 6.45) is 6.38. The van der Waals surface area contributed by atoms with E-state index in [-0.39, 0.29) is 4.90 Å². The van der Waals surface area contributed by atoms with E-state index in [2.05, 4.69) is 20.2 Å². The molecule has 5 heterocycles. The van der Waals surface area contributed by atoms with Gasteiger partial charge >= 0.3 is 0 Å². The van der Waals surface area contributed by atoms with Crippen LogP contribution in [0.25, 0.3) is 21.7 Å². The largest absolute Gasteiger partial charge is 0.423 e. The molecule has 1 aromatic carbocycles. The minimum absolute atomic E-state index is 0.235. The van der Waals surface area contributed by atoms with Crippen LogP contribution in [-0.4, -0.2) is 49.8 Å². The van der Waals surface area contributed by atoms with E-state index in [1.54, 1.807) is 18.3 Å². The highest BCUT2D eigenvalue weighted by Crippen LogP contribution is 2.37. The maximum absolute atomic E-state index is 12.2. The van der Waals surface area contributed by atoms with Crippen molar-refractivity contribution in [2.45, 2.75) is 36.2 Å². The molecule has 2 atom stereocenters. The highest BCUT2D eigenvalue weighted by atomic mass is 32.2. The Kier molecular flexibility index (Phi) is 3.99. The second-order valence-electron chi connectivity index (χ2n) is 7.27. The normalized spacial score (nSPS) is 23.1. The zero-order valence-corrected chi connectivity index (χ0v) is 16.5. The number of hydrogen-bond donors (Lipinski definition) is 1. The molecule has 0 radical (unpaired) electrons. The van der Waals surface area contributed by atoms with Gasteiger partial charge in [-0.05, 0) is 31.4 Å². The summed E-state index contributed by atoms with van der Waals surface area (Å²) in [6, 6.07) is 4.62. The number of sulfone groups is 1. The molecule has 2 unspecified atom stereocenters. The van der Waals surface area contributed by atoms with E-state index in [1.807, 2.05) is 5.38 Å². The van der Waals surface area contributed by atoms with Crippen molar-refractivity contribution in [1.29, 1.82) is 0 Å². The first-order chi connectivity index (χ1) is 13.0. The number of rotatable bonds is 3. The fourth-order valence-electron chi connectivity index (χ4n) is 4.00. The lowest BCUT2D eigenvalue weighted by Crippen LogP contribution is -2.54. The van der Waals surface area contributed by atoms with E-state index >= 15 is 0 Å². The Hall–Kier alpha value is -1.97. The summed E-state index contributed by atoms with van der Waals surface area (Å²) >= 11 is 1.45. The number of benzene rings is 1. The van der Waals surface area contributed by atoms with Crippen LogP contribution >= 0.6 is 11.3 Å². The Balaban J connectivity index is 1.67. The number of aromatic nitrogens is 2. The maximum Gasteiger partial charge on any atom is 0.298 e. The summed E-state index contributed by atoms with van der Waals surface area (Å²) < 4.78 is 30.5. The summed E-state index contributed by atoms with van der Waals surface area (Å²) in [6.45, 7) is 1.79. The highest BCUT2D eigenvalue weighted by molar-refractivity contribution is 7.90. The molecule has 0 aliphatic carbocycles. The van der Waals surface area contributed by atoms with Crippen molar-refractivity contribution in [3.05, 3.63) is 23.7 Å². The van der Waals surface area contributed by atoms with Crippen molar-refractivity contribution >= 4 is 38.3 Å². The van der Waals surface area contributed by atoms with Gasteiger partial charge in [0.05, 0.1) is 10.5 Å². The van der Waals surface area contributed by atoms with Crippen molar-refractivity contribution in [1.82, 2.24) is 15.3 Å². The van der Waals surface area contributed by atoms with Gasteiger partial charge in [-0.2, -0.15) is 4.98 Å². The quantitative estimate of drug-likeness (QED) is 0.718. The second-order valence-corrected chi connectivity index (χ2v) is 10.2. The summed E-state index contributed by atoms with van der Waals surface area (Å²) in [4.78, 5) is 11.5. The highest BCUT2D eigenvalue weighted by Gasteiger charge is 2.34. The predicted octanol–water partition coefficient (Wildman–Crippen LogP) is 2.69. The first-order valence-electron chi connectivity index (χ1n) is 9.03. The van der Waals surface area contributed by atoms with E-state index in [4.69, 9.17) is 4.42 Å². The zero-order chi connectivity index (χ0) is 18.6. The smallest absolute Gasteiger partial charge is 0.298 e. The first-order valence-corrected chi connectivity index (χ1v) is 11.8. The van der Waals surface area contributed by atoms with E-state index in [0.717, 1.165) is 30.9 Å². The number of oxazole rings is 1. The molecule has 6 rings (SSSR count). The van der Waals surface area contributed by atoms with E-state index in [9.17, 15) is 8.42 Å². The molecule has 0 saturated carbocycles. The van der Waals surface area contributed by atoms with Gasteiger partial charge in [0.15, 0.2) is 15.4 Å². The van der Waals surface area contributed by atoms with Crippen molar-refractivity contribution < 1.29 is 12.8 Å². The van der Waals surface area contributed by atoms with Gasteiger partial charge in [-0.3, -0.25) is 0 Å². The molecule has 7 nitrogen and oxygen atoms in total. The van der Waals surface area contributed by atoms with Crippen LogP contribution in [-0.2, 0) is 9.84 Å². The summed E-state index contributed by atoms with van der Waals surface area (Å²) in [5.41, 5.74) is 1.84. The molecule has 142 valence electrons. The Morgan fingerprint density at radius 2 is 2.22 bits per heavy atom. The SMILES string of the molecule is CS(=O)(=O)c1cc(-c2nccs2)c2oc(N3CC4CCCC3CN4)nc2c1. The fourth-order valence-corrected chi connectivity index (χ4v) is 5.31. The molecule has 1 N–H and O–H groups in total. The Morgan fingerprint density at radius 1 is 1.33 bits per heavy atom. The van der Waals surface area contributed by atoms with Gasteiger partial charge in [-0.25, -0.2) is 13.4 Å². The number of nitrogens with zero attached hydrogens (tertiary/aromatic N) is 3. The summed E-state index contributed by atoms with van der Waals surface area (Å²) in [7, 11) is -3.37. The Bertz CT molecular complexity index is 1090. The second kappa shape index (κ2) is 6.29. The molecule has 2 bridgehead atoms. The number of thiazole rings is 1. The molecule has 9 heteroatoms. The van der Waals surface area contributed by atoms with Crippen molar-refractivity contribution in [2.24, 2.45) is 0 Å². The zero-order valence-electron chi connectivity index (χ0n) is 14.9. The van der Waals surface area contributed by atoms with Crippen molar-refractivity contribution in [2.75, 3.05) is 24.2 Å². The molecule has 3 aromatic rings. The summed E-state index contributed by atoms with van der Waals surface area (Å²) in [5, 5.41) is 6.17. The van der Waals surface area contributed by atoms with Gasteiger partial charge in [-0.15, -0.1) is 11.3 Å². The van der Waals surface area contributed by atoms with Gasteiger partial charge in [-0.1, -0.05) is 0 Å². The van der Waals surface area contributed by atoms with Crippen molar-refractivity contribution in [3.8, 4) is 10.6 Å². The molecular formula is C18H20N4O3S2. The molecule has 27 heavy (non-hydrogen) atoms. The third-order valence-corrected chi connectivity index (χ3v) is 7.28. The van der Waals surface area contributed by atoms with Gasteiger partial charge in [0.25, 0.3) is 6.01 Å².